The maximum atomic E-state index is 12.7. The van der Waals surface area contributed by atoms with Gasteiger partial charge in [0.25, 0.3) is 5.91 Å². The Morgan fingerprint density at radius 3 is 2.63 bits per heavy atom. The van der Waals surface area contributed by atoms with Crippen molar-refractivity contribution in [3.63, 3.8) is 0 Å². The molecule has 1 amide bonds. The Kier molecular flexibility index (Phi) is 4.39. The maximum Gasteiger partial charge on any atom is 0.258 e. The summed E-state index contributed by atoms with van der Waals surface area (Å²) in [5.41, 5.74) is 1.19. The Bertz CT molecular complexity index is 1270. The number of hydrogen-bond donors (Lipinski definition) is 2. The van der Waals surface area contributed by atoms with Crippen LogP contribution in [0.15, 0.2) is 65.6 Å². The molecule has 2 N–H and O–H groups in total. The number of benzene rings is 3. The van der Waals surface area contributed by atoms with Gasteiger partial charge >= 0.3 is 0 Å². The van der Waals surface area contributed by atoms with Crippen molar-refractivity contribution in [2.24, 2.45) is 0 Å². The second kappa shape index (κ2) is 6.73. The van der Waals surface area contributed by atoms with Crippen LogP contribution >= 0.6 is 11.3 Å². The van der Waals surface area contributed by atoms with Gasteiger partial charge in [0.2, 0.25) is 10.0 Å². The highest BCUT2D eigenvalue weighted by molar-refractivity contribution is 7.89. The minimum absolute atomic E-state index is 0.160. The molecule has 0 aliphatic carbocycles. The van der Waals surface area contributed by atoms with Gasteiger partial charge in [-0.1, -0.05) is 47.7 Å². The van der Waals surface area contributed by atoms with Gasteiger partial charge in [-0.15, -0.1) is 0 Å². The van der Waals surface area contributed by atoms with Gasteiger partial charge in [0, 0.05) is 5.56 Å². The highest BCUT2D eigenvalue weighted by Crippen LogP contribution is 2.29. The van der Waals surface area contributed by atoms with E-state index in [0.717, 1.165) is 10.8 Å². The Morgan fingerprint density at radius 2 is 1.81 bits per heavy atom. The lowest BCUT2D eigenvalue weighted by Gasteiger charge is -2.05. The monoisotopic (exact) mass is 397 g/mol. The van der Waals surface area contributed by atoms with Gasteiger partial charge in [0.15, 0.2) is 5.13 Å². The molecule has 1 aromatic heterocycles. The van der Waals surface area contributed by atoms with E-state index < -0.39 is 10.0 Å². The van der Waals surface area contributed by atoms with Gasteiger partial charge in [0.1, 0.15) is 0 Å². The van der Waals surface area contributed by atoms with Crippen molar-refractivity contribution in [1.29, 1.82) is 0 Å². The summed E-state index contributed by atoms with van der Waals surface area (Å²) in [6.07, 6.45) is 0. The quantitative estimate of drug-likeness (QED) is 0.551. The van der Waals surface area contributed by atoms with Gasteiger partial charge < -0.3 is 0 Å². The topological polar surface area (TPSA) is 88.2 Å². The number of hydrogen-bond acceptors (Lipinski definition) is 5. The van der Waals surface area contributed by atoms with E-state index in [-0.39, 0.29) is 10.8 Å². The first-order valence-electron chi connectivity index (χ1n) is 8.11. The second-order valence-corrected chi connectivity index (χ2v) is 8.75. The fourth-order valence-corrected chi connectivity index (χ4v) is 4.56. The molecule has 0 unspecified atom stereocenters. The Morgan fingerprint density at radius 1 is 1.04 bits per heavy atom. The van der Waals surface area contributed by atoms with Gasteiger partial charge in [-0.25, -0.2) is 18.1 Å². The molecule has 4 aromatic rings. The van der Waals surface area contributed by atoms with Crippen LogP contribution in [0.3, 0.4) is 0 Å². The summed E-state index contributed by atoms with van der Waals surface area (Å²) in [5.74, 6) is -0.256. The van der Waals surface area contributed by atoms with Crippen LogP contribution in [0, 0.1) is 0 Å². The van der Waals surface area contributed by atoms with E-state index in [9.17, 15) is 13.2 Å². The van der Waals surface area contributed by atoms with Gasteiger partial charge in [0.05, 0.1) is 15.1 Å². The highest BCUT2D eigenvalue weighted by Gasteiger charge is 2.15. The van der Waals surface area contributed by atoms with Crippen LogP contribution in [0.5, 0.6) is 0 Å². The highest BCUT2D eigenvalue weighted by atomic mass is 32.2. The first-order chi connectivity index (χ1) is 13.0. The van der Waals surface area contributed by atoms with E-state index >= 15 is 0 Å². The van der Waals surface area contributed by atoms with Gasteiger partial charge in [-0.05, 0) is 42.1 Å². The van der Waals surface area contributed by atoms with Crippen molar-refractivity contribution in [2.45, 2.75) is 4.90 Å². The number of carbonyl (C=O) groups is 1. The lowest BCUT2D eigenvalue weighted by atomic mass is 10.0. The largest absolute Gasteiger partial charge is 0.298 e. The first-order valence-corrected chi connectivity index (χ1v) is 10.4. The Labute approximate surface area is 159 Å². The molecule has 27 heavy (non-hydrogen) atoms. The number of anilines is 1. The van der Waals surface area contributed by atoms with Crippen molar-refractivity contribution in [1.82, 2.24) is 9.71 Å². The molecule has 136 valence electrons. The number of aromatic nitrogens is 1. The van der Waals surface area contributed by atoms with Crippen molar-refractivity contribution in [3.8, 4) is 0 Å². The van der Waals surface area contributed by atoms with Gasteiger partial charge in [-0.2, -0.15) is 0 Å². The molecule has 0 atom stereocenters. The average molecular weight is 397 g/mol. The smallest absolute Gasteiger partial charge is 0.258 e. The predicted molar refractivity (Wildman–Crippen MR) is 108 cm³/mol. The molecule has 8 heteroatoms. The second-order valence-electron chi connectivity index (χ2n) is 5.84. The lowest BCUT2D eigenvalue weighted by molar-refractivity contribution is 0.102. The maximum absolute atomic E-state index is 12.7. The summed E-state index contributed by atoms with van der Waals surface area (Å²) in [5, 5.41) is 5.08. The summed E-state index contributed by atoms with van der Waals surface area (Å²) in [6.45, 7) is 0. The minimum Gasteiger partial charge on any atom is -0.298 e. The zero-order valence-electron chi connectivity index (χ0n) is 14.3. The summed E-state index contributed by atoms with van der Waals surface area (Å²) in [4.78, 5) is 17.3. The zero-order valence-corrected chi connectivity index (χ0v) is 15.9. The van der Waals surface area contributed by atoms with E-state index in [1.54, 1.807) is 18.2 Å². The van der Waals surface area contributed by atoms with Crippen molar-refractivity contribution >= 4 is 53.4 Å². The minimum atomic E-state index is -3.53. The van der Waals surface area contributed by atoms with E-state index in [2.05, 4.69) is 15.0 Å². The molecule has 0 saturated heterocycles. The van der Waals surface area contributed by atoms with E-state index in [1.165, 1.54) is 24.5 Å². The van der Waals surface area contributed by atoms with Crippen molar-refractivity contribution in [3.05, 3.63) is 66.2 Å². The third-order valence-corrected chi connectivity index (χ3v) is 6.54. The summed E-state index contributed by atoms with van der Waals surface area (Å²) in [7, 11) is -2.17. The SMILES string of the molecule is CNS(=O)(=O)c1ccc2nc(NC(=O)c3cccc4ccccc34)sc2c1. The Hall–Kier alpha value is -2.81. The standard InChI is InChI=1S/C19H15N3O3S2/c1-20-27(24,25)13-9-10-16-17(11-13)26-19(21-16)22-18(23)15-8-4-6-12-5-2-3-7-14(12)15/h2-11,20H,1H3,(H,21,22,23). The lowest BCUT2D eigenvalue weighted by Crippen LogP contribution is -2.18. The molecular weight excluding hydrogens is 382 g/mol. The summed E-state index contributed by atoms with van der Waals surface area (Å²) in [6, 6.07) is 17.9. The molecule has 0 bridgehead atoms. The van der Waals surface area contributed by atoms with Crippen LogP contribution < -0.4 is 10.0 Å². The third-order valence-electron chi connectivity index (χ3n) is 4.19. The molecule has 6 nitrogen and oxygen atoms in total. The molecule has 0 spiro atoms. The van der Waals surface area contributed by atoms with Crippen LogP contribution in [0.4, 0.5) is 5.13 Å². The number of sulfonamides is 1. The van der Waals surface area contributed by atoms with Crippen LogP contribution in [0.2, 0.25) is 0 Å². The number of amides is 1. The number of carbonyl (C=O) groups excluding carboxylic acids is 1. The molecule has 4 rings (SSSR count). The number of nitrogens with zero attached hydrogens (tertiary/aromatic N) is 1. The molecular formula is C19H15N3O3S2. The van der Waals surface area contributed by atoms with Crippen LogP contribution in [-0.2, 0) is 10.0 Å². The first kappa shape index (κ1) is 17.6. The van der Waals surface area contributed by atoms with Crippen LogP contribution in [-0.4, -0.2) is 26.4 Å². The third kappa shape index (κ3) is 3.30. The predicted octanol–water partition coefficient (Wildman–Crippen LogP) is 3.61. The van der Waals surface area contributed by atoms with Gasteiger partial charge in [-0.3, -0.25) is 10.1 Å². The molecule has 0 radical (unpaired) electrons. The van der Waals surface area contributed by atoms with E-state index in [4.69, 9.17) is 0 Å². The summed E-state index contributed by atoms with van der Waals surface area (Å²) >= 11 is 1.23. The zero-order chi connectivity index (χ0) is 19.0. The van der Waals surface area contributed by atoms with E-state index in [1.807, 2.05) is 36.4 Å². The Balaban J connectivity index is 1.68. The van der Waals surface area contributed by atoms with Crippen molar-refractivity contribution in [2.75, 3.05) is 12.4 Å². The molecule has 0 aliphatic heterocycles. The number of nitrogens with one attached hydrogen (secondary N) is 2. The average Bonchev–Trinajstić information content (AvgIpc) is 3.08. The molecule has 1 heterocycles. The van der Waals surface area contributed by atoms with E-state index in [0.29, 0.717) is 20.9 Å². The fourth-order valence-electron chi connectivity index (χ4n) is 2.83. The number of fused-ring (bicyclic) bond motifs is 2. The molecule has 0 fully saturated rings. The fraction of sp³-hybridized carbons (Fsp3) is 0.0526. The summed E-state index contributed by atoms with van der Waals surface area (Å²) < 4.78 is 26.9. The molecule has 0 saturated carbocycles. The van der Waals surface area contributed by atoms with Crippen LogP contribution in [0.25, 0.3) is 21.0 Å². The van der Waals surface area contributed by atoms with Crippen molar-refractivity contribution < 1.29 is 13.2 Å². The molecule has 0 aliphatic rings. The normalized spacial score (nSPS) is 11.7. The number of thiazole rings is 1. The number of rotatable bonds is 4. The molecule has 3 aromatic carbocycles. The van der Waals surface area contributed by atoms with Crippen LogP contribution in [0.1, 0.15) is 10.4 Å².